The Balaban J connectivity index is 2.10. The van der Waals surface area contributed by atoms with Crippen molar-refractivity contribution in [3.63, 3.8) is 0 Å². The molecule has 0 spiro atoms. The lowest BCUT2D eigenvalue weighted by Gasteiger charge is -2.33. The third-order valence-electron chi connectivity index (χ3n) is 3.07. The van der Waals surface area contributed by atoms with Gasteiger partial charge in [-0.2, -0.15) is 4.37 Å². The molecule has 0 saturated carbocycles. The highest BCUT2D eigenvalue weighted by Gasteiger charge is 2.25. The molecule has 1 unspecified atom stereocenters. The third kappa shape index (κ3) is 2.63. The van der Waals surface area contributed by atoms with Crippen LogP contribution < -0.4 is 15.4 Å². The van der Waals surface area contributed by atoms with E-state index in [0.29, 0.717) is 17.5 Å². The van der Waals surface area contributed by atoms with Crippen LogP contribution in [-0.2, 0) is 4.74 Å². The smallest absolute Gasteiger partial charge is 0.197 e. The standard InChI is InChI=1S/C11H19N3O2S/c1-15-7-8-4-3-5-14(6-8)11-9(16-2)10(12)13-17-11/h8H,3-7H2,1-2H3,(H2,12,13). The second-order valence-electron chi connectivity index (χ2n) is 4.32. The van der Waals surface area contributed by atoms with Crippen molar-refractivity contribution in [2.75, 3.05) is 44.5 Å². The van der Waals surface area contributed by atoms with E-state index in [4.69, 9.17) is 15.2 Å². The van der Waals surface area contributed by atoms with E-state index in [1.807, 2.05) is 0 Å². The summed E-state index contributed by atoms with van der Waals surface area (Å²) in [4.78, 5) is 2.31. The summed E-state index contributed by atoms with van der Waals surface area (Å²) in [6.45, 7) is 2.84. The molecule has 2 N–H and O–H groups in total. The lowest BCUT2D eigenvalue weighted by atomic mass is 9.99. The number of hydrogen-bond acceptors (Lipinski definition) is 6. The highest BCUT2D eigenvalue weighted by atomic mass is 32.1. The first kappa shape index (κ1) is 12.4. The maximum absolute atomic E-state index is 5.77. The van der Waals surface area contributed by atoms with Gasteiger partial charge in [-0.05, 0) is 30.3 Å². The number of nitrogens with two attached hydrogens (primary N) is 1. The molecule has 1 saturated heterocycles. The van der Waals surface area contributed by atoms with Gasteiger partial charge in [-0.15, -0.1) is 0 Å². The van der Waals surface area contributed by atoms with Crippen LogP contribution in [0.3, 0.4) is 0 Å². The van der Waals surface area contributed by atoms with Gasteiger partial charge in [0.25, 0.3) is 0 Å². The Kier molecular flexibility index (Phi) is 4.06. The molecule has 1 atom stereocenters. The molecule has 5 nitrogen and oxygen atoms in total. The highest BCUT2D eigenvalue weighted by molar-refractivity contribution is 7.11. The number of nitrogen functional groups attached to an aromatic ring is 1. The van der Waals surface area contributed by atoms with Crippen LogP contribution in [-0.4, -0.2) is 38.3 Å². The van der Waals surface area contributed by atoms with Gasteiger partial charge in [0.1, 0.15) is 0 Å². The Morgan fingerprint density at radius 3 is 3.06 bits per heavy atom. The lowest BCUT2D eigenvalue weighted by Crippen LogP contribution is -2.36. The zero-order chi connectivity index (χ0) is 12.3. The number of aromatic nitrogens is 1. The van der Waals surface area contributed by atoms with Crippen LogP contribution in [0.4, 0.5) is 10.8 Å². The molecule has 0 aromatic carbocycles. The van der Waals surface area contributed by atoms with Gasteiger partial charge in [0.05, 0.1) is 13.7 Å². The van der Waals surface area contributed by atoms with Crippen LogP contribution in [0.5, 0.6) is 5.75 Å². The van der Waals surface area contributed by atoms with E-state index in [9.17, 15) is 0 Å². The first-order chi connectivity index (χ1) is 8.26. The van der Waals surface area contributed by atoms with E-state index >= 15 is 0 Å². The number of piperidine rings is 1. The van der Waals surface area contributed by atoms with Gasteiger partial charge in [-0.25, -0.2) is 0 Å². The molecule has 2 heterocycles. The summed E-state index contributed by atoms with van der Waals surface area (Å²) < 4.78 is 14.7. The second-order valence-corrected chi connectivity index (χ2v) is 5.07. The van der Waals surface area contributed by atoms with Crippen LogP contribution in [0.15, 0.2) is 0 Å². The minimum atomic E-state index is 0.487. The normalized spacial score (nSPS) is 20.6. The maximum Gasteiger partial charge on any atom is 0.197 e. The van der Waals surface area contributed by atoms with Crippen molar-refractivity contribution in [2.45, 2.75) is 12.8 Å². The van der Waals surface area contributed by atoms with Crippen molar-refractivity contribution in [2.24, 2.45) is 5.92 Å². The fourth-order valence-corrected chi connectivity index (χ4v) is 3.12. The monoisotopic (exact) mass is 257 g/mol. The van der Waals surface area contributed by atoms with Crippen molar-refractivity contribution in [3.8, 4) is 5.75 Å². The molecule has 0 amide bonds. The van der Waals surface area contributed by atoms with Gasteiger partial charge < -0.3 is 20.1 Å². The third-order valence-corrected chi connectivity index (χ3v) is 3.97. The minimum absolute atomic E-state index is 0.487. The number of hydrogen-bond donors (Lipinski definition) is 1. The largest absolute Gasteiger partial charge is 0.490 e. The quantitative estimate of drug-likeness (QED) is 0.887. The molecule has 1 aliphatic heterocycles. The van der Waals surface area contributed by atoms with Crippen LogP contribution in [0, 0.1) is 5.92 Å². The summed E-state index contributed by atoms with van der Waals surface area (Å²) in [6.07, 6.45) is 2.40. The van der Waals surface area contributed by atoms with Crippen molar-refractivity contribution >= 4 is 22.4 Å². The molecule has 2 rings (SSSR count). The van der Waals surface area contributed by atoms with Crippen molar-refractivity contribution < 1.29 is 9.47 Å². The Bertz CT molecular complexity index is 368. The molecule has 1 aliphatic rings. The molecule has 0 radical (unpaired) electrons. The second kappa shape index (κ2) is 5.55. The van der Waals surface area contributed by atoms with Gasteiger partial charge in [-0.1, -0.05) is 0 Å². The van der Waals surface area contributed by atoms with Crippen molar-refractivity contribution in [1.29, 1.82) is 0 Å². The van der Waals surface area contributed by atoms with Gasteiger partial charge in [0.15, 0.2) is 16.6 Å². The highest BCUT2D eigenvalue weighted by Crippen LogP contribution is 2.39. The number of rotatable bonds is 4. The number of anilines is 2. The first-order valence-electron chi connectivity index (χ1n) is 5.79. The van der Waals surface area contributed by atoms with Gasteiger partial charge >= 0.3 is 0 Å². The molecule has 0 aliphatic carbocycles. The van der Waals surface area contributed by atoms with Crippen LogP contribution in [0.1, 0.15) is 12.8 Å². The summed E-state index contributed by atoms with van der Waals surface area (Å²) in [5.74, 6) is 1.79. The van der Waals surface area contributed by atoms with Crippen molar-refractivity contribution in [3.05, 3.63) is 0 Å². The topological polar surface area (TPSA) is 60.6 Å². The summed E-state index contributed by atoms with van der Waals surface area (Å²) in [6, 6.07) is 0. The van der Waals surface area contributed by atoms with Crippen LogP contribution >= 0.6 is 11.5 Å². The zero-order valence-electron chi connectivity index (χ0n) is 10.3. The fraction of sp³-hybridized carbons (Fsp3) is 0.727. The van der Waals surface area contributed by atoms with Crippen LogP contribution in [0.2, 0.25) is 0 Å². The summed E-state index contributed by atoms with van der Waals surface area (Å²) >= 11 is 1.41. The average molecular weight is 257 g/mol. The van der Waals surface area contributed by atoms with Gasteiger partial charge in [0.2, 0.25) is 0 Å². The first-order valence-corrected chi connectivity index (χ1v) is 6.56. The number of methoxy groups -OCH3 is 2. The molecular formula is C11H19N3O2S. The minimum Gasteiger partial charge on any atom is -0.490 e. The van der Waals surface area contributed by atoms with Gasteiger partial charge in [0, 0.05) is 20.2 Å². The van der Waals surface area contributed by atoms with E-state index < -0.39 is 0 Å². The molecule has 1 fully saturated rings. The molecule has 1 aromatic heterocycles. The molecule has 17 heavy (non-hydrogen) atoms. The van der Waals surface area contributed by atoms with Crippen LogP contribution in [0.25, 0.3) is 0 Å². The van der Waals surface area contributed by atoms with E-state index in [0.717, 1.165) is 24.7 Å². The Morgan fingerprint density at radius 1 is 1.53 bits per heavy atom. The molecule has 6 heteroatoms. The molecule has 1 aromatic rings. The summed E-state index contributed by atoms with van der Waals surface area (Å²) in [7, 11) is 3.39. The Hall–Kier alpha value is -1.01. The summed E-state index contributed by atoms with van der Waals surface area (Å²) in [5, 5.41) is 1.05. The van der Waals surface area contributed by atoms with E-state index in [1.165, 1.54) is 24.4 Å². The molecular weight excluding hydrogens is 238 g/mol. The number of nitrogens with zero attached hydrogens (tertiary/aromatic N) is 2. The predicted molar refractivity (Wildman–Crippen MR) is 69.9 cm³/mol. The fourth-order valence-electron chi connectivity index (χ4n) is 2.30. The SMILES string of the molecule is COCC1CCCN(c2snc(N)c2OC)C1. The zero-order valence-corrected chi connectivity index (χ0v) is 11.1. The van der Waals surface area contributed by atoms with E-state index in [2.05, 4.69) is 9.27 Å². The van der Waals surface area contributed by atoms with Gasteiger partial charge in [-0.3, -0.25) is 0 Å². The number of ether oxygens (including phenoxy) is 2. The van der Waals surface area contributed by atoms with E-state index in [-0.39, 0.29) is 0 Å². The maximum atomic E-state index is 5.77. The van der Waals surface area contributed by atoms with E-state index in [1.54, 1.807) is 14.2 Å². The predicted octanol–water partition coefficient (Wildman–Crippen LogP) is 1.60. The summed E-state index contributed by atoms with van der Waals surface area (Å²) in [5.41, 5.74) is 5.77. The van der Waals surface area contributed by atoms with Crippen molar-refractivity contribution in [1.82, 2.24) is 4.37 Å². The molecule has 96 valence electrons. The average Bonchev–Trinajstić information content (AvgIpc) is 2.71. The Morgan fingerprint density at radius 2 is 2.35 bits per heavy atom. The Labute approximate surface area is 106 Å². The lowest BCUT2D eigenvalue weighted by molar-refractivity contribution is 0.143. The molecule has 0 bridgehead atoms.